The van der Waals surface area contributed by atoms with E-state index in [0.29, 0.717) is 11.4 Å². The molecule has 20 heavy (non-hydrogen) atoms. The molecule has 1 aliphatic rings. The molecule has 0 saturated carbocycles. The Kier molecular flexibility index (Phi) is 8.53. The zero-order valence-electron chi connectivity index (χ0n) is 11.7. The van der Waals surface area contributed by atoms with Gasteiger partial charge < -0.3 is 16.0 Å². The number of carbonyl (C=O) groups excluding carboxylic acids is 1. The number of pyridine rings is 1. The Bertz CT molecular complexity index is 423. The van der Waals surface area contributed by atoms with Gasteiger partial charge in [-0.2, -0.15) is 0 Å². The van der Waals surface area contributed by atoms with Crippen LogP contribution in [0.25, 0.3) is 0 Å². The second kappa shape index (κ2) is 9.00. The Balaban J connectivity index is 0.00000180. The van der Waals surface area contributed by atoms with E-state index in [9.17, 15) is 4.79 Å². The van der Waals surface area contributed by atoms with Gasteiger partial charge in [0, 0.05) is 24.8 Å². The van der Waals surface area contributed by atoms with Gasteiger partial charge in [-0.25, -0.2) is 4.98 Å². The number of nitrogens with zero attached hydrogens (tertiary/aromatic N) is 1. The van der Waals surface area contributed by atoms with E-state index in [4.69, 9.17) is 0 Å². The Morgan fingerprint density at radius 2 is 2.20 bits per heavy atom. The van der Waals surface area contributed by atoms with Crippen molar-refractivity contribution < 1.29 is 4.79 Å². The maximum Gasteiger partial charge on any atom is 0.255 e. The molecule has 1 fully saturated rings. The van der Waals surface area contributed by atoms with Crippen molar-refractivity contribution in [3.63, 3.8) is 0 Å². The van der Waals surface area contributed by atoms with Crippen LogP contribution >= 0.6 is 24.8 Å². The normalized spacial score (nSPS) is 17.1. The minimum absolute atomic E-state index is 0. The zero-order chi connectivity index (χ0) is 13.0. The summed E-state index contributed by atoms with van der Waals surface area (Å²) in [6.07, 6.45) is 2.68. The second-order valence-electron chi connectivity index (χ2n) is 4.86. The maximum atomic E-state index is 12.2. The van der Waals surface area contributed by atoms with Crippen LogP contribution in [0.1, 0.15) is 30.6 Å². The molecule has 1 atom stereocenters. The Hall–Kier alpha value is -1.04. The van der Waals surface area contributed by atoms with Gasteiger partial charge >= 0.3 is 0 Å². The van der Waals surface area contributed by atoms with Gasteiger partial charge in [0.1, 0.15) is 5.82 Å². The summed E-state index contributed by atoms with van der Waals surface area (Å²) in [6, 6.07) is 4.06. The molecule has 0 aromatic carbocycles. The number of rotatable bonds is 4. The van der Waals surface area contributed by atoms with Crippen molar-refractivity contribution in [1.29, 1.82) is 0 Å². The van der Waals surface area contributed by atoms with Crippen LogP contribution in [0, 0.1) is 0 Å². The standard InChI is InChI=1S/C13H20N4O.2ClH/c1-9(2)16-12-11(4-3-6-15-12)13(18)17-10-5-7-14-8-10;;/h3-4,6,9-10,14H,5,7-8H2,1-2H3,(H,15,16)(H,17,18);2*1H. The van der Waals surface area contributed by atoms with E-state index in [0.717, 1.165) is 19.5 Å². The van der Waals surface area contributed by atoms with Crippen molar-refractivity contribution in [2.75, 3.05) is 18.4 Å². The summed E-state index contributed by atoms with van der Waals surface area (Å²) < 4.78 is 0. The largest absolute Gasteiger partial charge is 0.367 e. The molecule has 5 nitrogen and oxygen atoms in total. The quantitative estimate of drug-likeness (QED) is 0.792. The summed E-state index contributed by atoms with van der Waals surface area (Å²) in [5.41, 5.74) is 0.609. The summed E-state index contributed by atoms with van der Waals surface area (Å²) in [7, 11) is 0. The van der Waals surface area contributed by atoms with Crippen molar-refractivity contribution in [2.24, 2.45) is 0 Å². The van der Waals surface area contributed by atoms with Gasteiger partial charge in [0.05, 0.1) is 5.56 Å². The lowest BCUT2D eigenvalue weighted by Crippen LogP contribution is -2.36. The average molecular weight is 321 g/mol. The highest BCUT2D eigenvalue weighted by Crippen LogP contribution is 2.13. The minimum Gasteiger partial charge on any atom is -0.367 e. The summed E-state index contributed by atoms with van der Waals surface area (Å²) in [5.74, 6) is 0.593. The lowest BCUT2D eigenvalue weighted by atomic mass is 10.2. The fourth-order valence-electron chi connectivity index (χ4n) is 2.02. The van der Waals surface area contributed by atoms with Gasteiger partial charge in [0.15, 0.2) is 0 Å². The third kappa shape index (κ3) is 5.15. The number of halogens is 2. The molecule has 2 rings (SSSR count). The monoisotopic (exact) mass is 320 g/mol. The van der Waals surface area contributed by atoms with E-state index in [2.05, 4.69) is 20.9 Å². The van der Waals surface area contributed by atoms with Gasteiger partial charge in [-0.05, 0) is 38.9 Å². The number of carbonyl (C=O) groups is 1. The fraction of sp³-hybridized carbons (Fsp3) is 0.538. The van der Waals surface area contributed by atoms with E-state index in [1.807, 2.05) is 13.8 Å². The van der Waals surface area contributed by atoms with Crippen molar-refractivity contribution in [3.8, 4) is 0 Å². The van der Waals surface area contributed by atoms with Crippen LogP contribution in [-0.2, 0) is 0 Å². The highest BCUT2D eigenvalue weighted by atomic mass is 35.5. The predicted octanol–water partition coefficient (Wildman–Crippen LogP) is 1.84. The zero-order valence-corrected chi connectivity index (χ0v) is 13.3. The van der Waals surface area contributed by atoms with Gasteiger partial charge in [-0.15, -0.1) is 24.8 Å². The maximum absolute atomic E-state index is 12.2. The highest BCUT2D eigenvalue weighted by Gasteiger charge is 2.19. The van der Waals surface area contributed by atoms with Gasteiger partial charge in [0.2, 0.25) is 0 Å². The van der Waals surface area contributed by atoms with Gasteiger partial charge in [-0.3, -0.25) is 4.79 Å². The van der Waals surface area contributed by atoms with Gasteiger partial charge in [0.25, 0.3) is 5.91 Å². The van der Waals surface area contributed by atoms with Crippen LogP contribution in [0.4, 0.5) is 5.82 Å². The highest BCUT2D eigenvalue weighted by molar-refractivity contribution is 5.98. The van der Waals surface area contributed by atoms with E-state index < -0.39 is 0 Å². The molecule has 1 saturated heterocycles. The smallest absolute Gasteiger partial charge is 0.255 e. The van der Waals surface area contributed by atoms with Crippen LogP contribution < -0.4 is 16.0 Å². The number of nitrogens with one attached hydrogen (secondary N) is 3. The molecule has 2 heterocycles. The first-order chi connectivity index (χ1) is 8.66. The molecule has 0 bridgehead atoms. The molecule has 1 aromatic heterocycles. The van der Waals surface area contributed by atoms with E-state index in [-0.39, 0.29) is 42.8 Å². The van der Waals surface area contributed by atoms with Crippen molar-refractivity contribution in [3.05, 3.63) is 23.9 Å². The SMILES string of the molecule is CC(C)Nc1ncccc1C(=O)NC1CCNC1.Cl.Cl. The first kappa shape index (κ1) is 19.0. The molecular weight excluding hydrogens is 299 g/mol. The van der Waals surface area contributed by atoms with Crippen molar-refractivity contribution >= 4 is 36.5 Å². The van der Waals surface area contributed by atoms with Crippen LogP contribution in [0.2, 0.25) is 0 Å². The molecule has 0 radical (unpaired) electrons. The van der Waals surface area contributed by atoms with E-state index >= 15 is 0 Å². The van der Waals surface area contributed by atoms with Crippen LogP contribution in [0.15, 0.2) is 18.3 Å². The number of anilines is 1. The molecule has 1 unspecified atom stereocenters. The third-order valence-electron chi connectivity index (χ3n) is 2.87. The van der Waals surface area contributed by atoms with Gasteiger partial charge in [-0.1, -0.05) is 0 Å². The molecule has 1 amide bonds. The molecule has 1 aromatic rings. The average Bonchev–Trinajstić information content (AvgIpc) is 2.81. The first-order valence-electron chi connectivity index (χ1n) is 6.40. The van der Waals surface area contributed by atoms with Crippen LogP contribution in [0.3, 0.4) is 0 Å². The minimum atomic E-state index is -0.0556. The van der Waals surface area contributed by atoms with E-state index in [1.54, 1.807) is 18.3 Å². The lowest BCUT2D eigenvalue weighted by molar-refractivity contribution is 0.0940. The first-order valence-corrected chi connectivity index (χ1v) is 6.40. The van der Waals surface area contributed by atoms with Crippen molar-refractivity contribution in [1.82, 2.24) is 15.6 Å². The summed E-state index contributed by atoms with van der Waals surface area (Å²) in [4.78, 5) is 16.4. The number of aromatic nitrogens is 1. The topological polar surface area (TPSA) is 66.0 Å². The molecule has 1 aliphatic heterocycles. The molecular formula is C13H22Cl2N4O. The Labute approximate surface area is 132 Å². The third-order valence-corrected chi connectivity index (χ3v) is 2.87. The Morgan fingerprint density at radius 3 is 2.80 bits per heavy atom. The molecule has 0 aliphatic carbocycles. The second-order valence-corrected chi connectivity index (χ2v) is 4.86. The molecule has 7 heteroatoms. The van der Waals surface area contributed by atoms with Crippen LogP contribution in [0.5, 0.6) is 0 Å². The number of amides is 1. The number of hydrogen-bond donors (Lipinski definition) is 3. The van der Waals surface area contributed by atoms with Crippen LogP contribution in [-0.4, -0.2) is 36.1 Å². The summed E-state index contributed by atoms with van der Waals surface area (Å²) in [5, 5.41) is 9.45. The summed E-state index contributed by atoms with van der Waals surface area (Å²) >= 11 is 0. The molecule has 3 N–H and O–H groups in total. The fourth-order valence-corrected chi connectivity index (χ4v) is 2.02. The lowest BCUT2D eigenvalue weighted by Gasteiger charge is -2.15. The number of hydrogen-bond acceptors (Lipinski definition) is 4. The van der Waals surface area contributed by atoms with E-state index in [1.165, 1.54) is 0 Å². The molecule has 114 valence electrons. The molecule has 0 spiro atoms. The Morgan fingerprint density at radius 1 is 1.45 bits per heavy atom. The summed E-state index contributed by atoms with van der Waals surface area (Å²) in [6.45, 7) is 5.86. The van der Waals surface area contributed by atoms with Crippen molar-refractivity contribution in [2.45, 2.75) is 32.4 Å². The predicted molar refractivity (Wildman–Crippen MR) is 86.2 cm³/mol.